The summed E-state index contributed by atoms with van der Waals surface area (Å²) in [5, 5.41) is 19.6. The number of thioether (sulfide) groups is 1. The van der Waals surface area contributed by atoms with Crippen LogP contribution >= 0.6 is 23.1 Å². The molecule has 3 rings (SSSR count). The number of hydrogen-bond donors (Lipinski definition) is 1. The zero-order valence-corrected chi connectivity index (χ0v) is 16.3. The van der Waals surface area contributed by atoms with Gasteiger partial charge in [0.2, 0.25) is 11.0 Å². The van der Waals surface area contributed by atoms with Gasteiger partial charge >= 0.3 is 6.18 Å². The molecular formula is C18H17F3N4OS2. The van der Waals surface area contributed by atoms with Gasteiger partial charge in [-0.1, -0.05) is 41.7 Å². The lowest BCUT2D eigenvalue weighted by Gasteiger charge is -2.29. The van der Waals surface area contributed by atoms with Crippen molar-refractivity contribution in [2.45, 2.75) is 42.0 Å². The number of carbonyl (C=O) groups excluding carboxylic acids is 1. The Morgan fingerprint density at radius 3 is 2.71 bits per heavy atom. The van der Waals surface area contributed by atoms with Gasteiger partial charge < -0.3 is 5.32 Å². The highest BCUT2D eigenvalue weighted by Gasteiger charge is 2.43. The second-order valence-corrected chi connectivity index (χ2v) is 8.76. The van der Waals surface area contributed by atoms with Crippen LogP contribution in [0.2, 0.25) is 0 Å². The van der Waals surface area contributed by atoms with Gasteiger partial charge in [-0.05, 0) is 37.0 Å². The van der Waals surface area contributed by atoms with Crippen LogP contribution in [0.25, 0.3) is 0 Å². The van der Waals surface area contributed by atoms with Crippen LogP contribution in [0.15, 0.2) is 28.6 Å². The predicted octanol–water partition coefficient (Wildman–Crippen LogP) is 5.01. The summed E-state index contributed by atoms with van der Waals surface area (Å²) < 4.78 is 39.4. The van der Waals surface area contributed by atoms with Gasteiger partial charge in [0.05, 0.1) is 17.6 Å². The standard InChI is InChI=1S/C18H17F3N4OS2/c19-18(20,21)14-3-1-2-13(8-14)15(26)23-16-24-25-17(28-16)27-10-12-6-4-11(9-22)5-7-12/h4-7,13-14H,1-3,8,10H2,(H,23,24,26)/t13-,14+/m1/s1. The Morgan fingerprint density at radius 2 is 2.04 bits per heavy atom. The zero-order valence-electron chi connectivity index (χ0n) is 14.7. The highest BCUT2D eigenvalue weighted by Crippen LogP contribution is 2.40. The van der Waals surface area contributed by atoms with Gasteiger partial charge in [0.1, 0.15) is 0 Å². The molecule has 1 fully saturated rings. The number of anilines is 1. The lowest BCUT2D eigenvalue weighted by molar-refractivity contribution is -0.185. The summed E-state index contributed by atoms with van der Waals surface area (Å²) in [7, 11) is 0. The molecule has 0 aliphatic heterocycles. The van der Waals surface area contributed by atoms with Crippen molar-refractivity contribution >= 4 is 34.1 Å². The molecule has 1 N–H and O–H groups in total. The molecule has 0 bridgehead atoms. The molecule has 148 valence electrons. The van der Waals surface area contributed by atoms with Gasteiger partial charge in [-0.25, -0.2) is 0 Å². The van der Waals surface area contributed by atoms with Crippen LogP contribution in [0.3, 0.4) is 0 Å². The summed E-state index contributed by atoms with van der Waals surface area (Å²) in [5.41, 5.74) is 1.61. The number of aromatic nitrogens is 2. The van der Waals surface area contributed by atoms with E-state index in [9.17, 15) is 18.0 Å². The smallest absolute Gasteiger partial charge is 0.300 e. The number of benzene rings is 1. The molecule has 10 heteroatoms. The van der Waals surface area contributed by atoms with E-state index in [1.54, 1.807) is 12.1 Å². The van der Waals surface area contributed by atoms with Crippen LogP contribution in [0.5, 0.6) is 0 Å². The quantitative estimate of drug-likeness (QED) is 0.537. The van der Waals surface area contributed by atoms with E-state index < -0.39 is 23.9 Å². The molecule has 5 nitrogen and oxygen atoms in total. The molecule has 1 aliphatic rings. The molecule has 1 amide bonds. The molecule has 2 aromatic rings. The first kappa shape index (κ1) is 20.6. The molecule has 2 atom stereocenters. The first-order valence-electron chi connectivity index (χ1n) is 8.68. The fourth-order valence-corrected chi connectivity index (χ4v) is 4.78. The monoisotopic (exact) mass is 426 g/mol. The van der Waals surface area contributed by atoms with Crippen molar-refractivity contribution in [2.75, 3.05) is 5.32 Å². The molecule has 1 aromatic heterocycles. The van der Waals surface area contributed by atoms with Crippen LogP contribution in [0.1, 0.15) is 36.8 Å². The van der Waals surface area contributed by atoms with Crippen molar-refractivity contribution in [3.63, 3.8) is 0 Å². The summed E-state index contributed by atoms with van der Waals surface area (Å²) in [5.74, 6) is -1.86. The van der Waals surface area contributed by atoms with Crippen molar-refractivity contribution in [1.82, 2.24) is 10.2 Å². The molecular weight excluding hydrogens is 409 g/mol. The third kappa shape index (κ3) is 5.45. The fraction of sp³-hybridized carbons (Fsp3) is 0.444. The second-order valence-electron chi connectivity index (χ2n) is 6.56. The molecule has 1 aromatic carbocycles. The van der Waals surface area contributed by atoms with Crippen molar-refractivity contribution in [3.05, 3.63) is 35.4 Å². The number of carbonyl (C=O) groups is 1. The van der Waals surface area contributed by atoms with Gasteiger partial charge in [-0.15, -0.1) is 10.2 Å². The molecule has 0 spiro atoms. The molecule has 0 unspecified atom stereocenters. The number of halogens is 3. The van der Waals surface area contributed by atoms with Crippen molar-refractivity contribution in [2.24, 2.45) is 11.8 Å². The van der Waals surface area contributed by atoms with E-state index in [1.807, 2.05) is 12.1 Å². The number of nitrogens with one attached hydrogen (secondary N) is 1. The topological polar surface area (TPSA) is 78.7 Å². The summed E-state index contributed by atoms with van der Waals surface area (Å²) >= 11 is 2.63. The van der Waals surface area contributed by atoms with Gasteiger partial charge in [0.25, 0.3) is 0 Å². The third-order valence-corrected chi connectivity index (χ3v) is 6.63. The molecule has 28 heavy (non-hydrogen) atoms. The Morgan fingerprint density at radius 1 is 1.29 bits per heavy atom. The lowest BCUT2D eigenvalue weighted by atomic mass is 9.80. The van der Waals surface area contributed by atoms with Crippen molar-refractivity contribution in [3.8, 4) is 6.07 Å². The number of nitriles is 1. The number of amides is 1. The highest BCUT2D eigenvalue weighted by atomic mass is 32.2. The molecule has 0 saturated heterocycles. The van der Waals surface area contributed by atoms with E-state index >= 15 is 0 Å². The Kier molecular flexibility index (Phi) is 6.57. The van der Waals surface area contributed by atoms with Crippen LogP contribution in [0.4, 0.5) is 18.3 Å². The number of nitrogens with zero attached hydrogens (tertiary/aromatic N) is 3. The minimum Gasteiger partial charge on any atom is -0.300 e. The van der Waals surface area contributed by atoms with Gasteiger partial charge in [-0.3, -0.25) is 4.79 Å². The Bertz CT molecular complexity index is 861. The summed E-state index contributed by atoms with van der Waals surface area (Å²) in [4.78, 5) is 12.3. The zero-order chi connectivity index (χ0) is 20.1. The van der Waals surface area contributed by atoms with Crippen molar-refractivity contribution < 1.29 is 18.0 Å². The molecule has 0 radical (unpaired) electrons. The number of hydrogen-bond acceptors (Lipinski definition) is 6. The molecule has 1 saturated carbocycles. The second kappa shape index (κ2) is 8.92. The number of alkyl halides is 3. The van der Waals surface area contributed by atoms with Crippen LogP contribution in [-0.4, -0.2) is 22.3 Å². The normalized spacial score (nSPS) is 19.8. The van der Waals surface area contributed by atoms with Crippen LogP contribution in [0, 0.1) is 23.2 Å². The average molecular weight is 426 g/mol. The third-order valence-electron chi connectivity index (χ3n) is 4.59. The maximum atomic E-state index is 12.9. The van der Waals surface area contributed by atoms with E-state index in [0.717, 1.165) is 5.56 Å². The summed E-state index contributed by atoms with van der Waals surface area (Å²) in [6.45, 7) is 0. The maximum absolute atomic E-state index is 12.9. The summed E-state index contributed by atoms with van der Waals surface area (Å²) in [6.07, 6.45) is -3.49. The minimum absolute atomic E-state index is 0.0855. The largest absolute Gasteiger partial charge is 0.391 e. The summed E-state index contributed by atoms with van der Waals surface area (Å²) in [6, 6.07) is 9.24. The molecule has 1 heterocycles. The first-order chi connectivity index (χ1) is 13.3. The predicted molar refractivity (Wildman–Crippen MR) is 101 cm³/mol. The van der Waals surface area contributed by atoms with E-state index in [2.05, 4.69) is 21.6 Å². The first-order valence-corrected chi connectivity index (χ1v) is 10.5. The van der Waals surface area contributed by atoms with E-state index in [1.165, 1.54) is 23.1 Å². The Balaban J connectivity index is 1.52. The highest BCUT2D eigenvalue weighted by molar-refractivity contribution is 8.00. The van der Waals surface area contributed by atoms with E-state index in [-0.39, 0.29) is 12.8 Å². The average Bonchev–Trinajstić information content (AvgIpc) is 3.13. The van der Waals surface area contributed by atoms with Crippen LogP contribution < -0.4 is 5.32 Å². The molecule has 1 aliphatic carbocycles. The SMILES string of the molecule is N#Cc1ccc(CSc2nnc(NC(=O)[C@@H]3CCC[C@H](C(F)(F)F)C3)s2)cc1. The van der Waals surface area contributed by atoms with Gasteiger partial charge in [0.15, 0.2) is 4.34 Å². The van der Waals surface area contributed by atoms with Crippen molar-refractivity contribution in [1.29, 1.82) is 5.26 Å². The maximum Gasteiger partial charge on any atom is 0.391 e. The number of rotatable bonds is 5. The minimum atomic E-state index is -4.25. The van der Waals surface area contributed by atoms with E-state index in [0.29, 0.717) is 33.6 Å². The van der Waals surface area contributed by atoms with Crippen LogP contribution in [-0.2, 0) is 10.5 Å². The van der Waals surface area contributed by atoms with E-state index in [4.69, 9.17) is 5.26 Å². The Labute approximate surface area is 168 Å². The lowest BCUT2D eigenvalue weighted by Crippen LogP contribution is -2.34. The van der Waals surface area contributed by atoms with Gasteiger partial charge in [0, 0.05) is 11.7 Å². The fourth-order valence-electron chi connectivity index (χ4n) is 3.07. The van der Waals surface area contributed by atoms with Gasteiger partial charge in [-0.2, -0.15) is 18.4 Å². The Hall–Kier alpha value is -2.12.